The van der Waals surface area contributed by atoms with Crippen LogP contribution < -0.4 is 0 Å². The Bertz CT molecular complexity index is 517. The second kappa shape index (κ2) is 6.67. The lowest BCUT2D eigenvalue weighted by atomic mass is 10.0. The predicted octanol–water partition coefficient (Wildman–Crippen LogP) is 1.32. The van der Waals surface area contributed by atoms with E-state index in [1.54, 1.807) is 19.1 Å². The number of rotatable bonds is 5. The minimum atomic E-state index is -0.953. The third-order valence-electron chi connectivity index (χ3n) is 3.70. The number of hydrogen-bond acceptors (Lipinski definition) is 3. The van der Waals surface area contributed by atoms with Crippen molar-refractivity contribution >= 4 is 11.9 Å². The molecular formula is C15H18FNO4. The molecule has 1 aromatic rings. The van der Waals surface area contributed by atoms with Crippen LogP contribution in [-0.2, 0) is 20.7 Å². The first-order chi connectivity index (χ1) is 10.0. The lowest BCUT2D eigenvalue weighted by Gasteiger charge is -2.29. The number of ether oxygens (including phenoxy) is 1. The molecule has 1 N–H and O–H groups in total. The monoisotopic (exact) mass is 295 g/mol. The van der Waals surface area contributed by atoms with Crippen LogP contribution in [0.25, 0.3) is 0 Å². The van der Waals surface area contributed by atoms with Gasteiger partial charge in [0.25, 0.3) is 0 Å². The van der Waals surface area contributed by atoms with Gasteiger partial charge in [0.05, 0.1) is 25.7 Å². The van der Waals surface area contributed by atoms with Crippen LogP contribution in [0, 0.1) is 11.7 Å². The van der Waals surface area contributed by atoms with E-state index in [9.17, 15) is 19.1 Å². The highest BCUT2D eigenvalue weighted by Crippen LogP contribution is 2.21. The molecule has 21 heavy (non-hydrogen) atoms. The number of nitrogens with zero attached hydrogens (tertiary/aromatic N) is 1. The number of carboxylic acid groups (broad SMARTS) is 1. The van der Waals surface area contributed by atoms with E-state index in [-0.39, 0.29) is 31.4 Å². The van der Waals surface area contributed by atoms with Crippen LogP contribution in [0.3, 0.4) is 0 Å². The Kier molecular flexibility index (Phi) is 4.90. The minimum absolute atomic E-state index is 0.122. The van der Waals surface area contributed by atoms with Gasteiger partial charge in [-0.2, -0.15) is 0 Å². The van der Waals surface area contributed by atoms with Crippen molar-refractivity contribution in [1.29, 1.82) is 0 Å². The maximum absolute atomic E-state index is 12.9. The zero-order valence-electron chi connectivity index (χ0n) is 11.8. The van der Waals surface area contributed by atoms with Crippen molar-refractivity contribution in [2.75, 3.05) is 19.8 Å². The molecule has 0 aromatic heterocycles. The van der Waals surface area contributed by atoms with Crippen LogP contribution in [-0.4, -0.2) is 47.7 Å². The lowest BCUT2D eigenvalue weighted by molar-refractivity contribution is -0.144. The normalized spacial score (nSPS) is 21.2. The van der Waals surface area contributed by atoms with Crippen LogP contribution in [0.15, 0.2) is 24.3 Å². The van der Waals surface area contributed by atoms with Crippen molar-refractivity contribution in [1.82, 2.24) is 4.90 Å². The highest BCUT2D eigenvalue weighted by Gasteiger charge is 2.39. The number of hydrogen-bond donors (Lipinski definition) is 1. The fourth-order valence-corrected chi connectivity index (χ4v) is 2.56. The van der Waals surface area contributed by atoms with E-state index >= 15 is 0 Å². The maximum atomic E-state index is 12.9. The van der Waals surface area contributed by atoms with Gasteiger partial charge in [0, 0.05) is 6.54 Å². The van der Waals surface area contributed by atoms with Crippen LogP contribution in [0.2, 0.25) is 0 Å². The Morgan fingerprint density at radius 1 is 1.33 bits per heavy atom. The summed E-state index contributed by atoms with van der Waals surface area (Å²) >= 11 is 0. The number of likely N-dealkylation sites (N-methyl/N-ethyl adjacent to an activating group) is 1. The minimum Gasteiger partial charge on any atom is -0.481 e. The van der Waals surface area contributed by atoms with Crippen molar-refractivity contribution < 1.29 is 23.8 Å². The number of carbonyl (C=O) groups is 2. The van der Waals surface area contributed by atoms with Gasteiger partial charge in [-0.15, -0.1) is 0 Å². The molecule has 1 aliphatic rings. The van der Waals surface area contributed by atoms with E-state index in [4.69, 9.17) is 4.74 Å². The maximum Gasteiger partial charge on any atom is 0.311 e. The first-order valence-electron chi connectivity index (χ1n) is 6.87. The summed E-state index contributed by atoms with van der Waals surface area (Å²) in [5, 5.41) is 9.17. The first kappa shape index (κ1) is 15.4. The number of halogens is 1. The number of aliphatic carboxylic acids is 1. The fourth-order valence-electron chi connectivity index (χ4n) is 2.56. The van der Waals surface area contributed by atoms with Crippen molar-refractivity contribution in [3.8, 4) is 0 Å². The van der Waals surface area contributed by atoms with Gasteiger partial charge in [-0.1, -0.05) is 12.1 Å². The zero-order chi connectivity index (χ0) is 15.4. The summed E-state index contributed by atoms with van der Waals surface area (Å²) in [6.45, 7) is 2.58. The SMILES string of the molecule is CCN(C(=O)Cc1ccc(F)cc1)C1COCC1C(=O)O. The van der Waals surface area contributed by atoms with Gasteiger partial charge in [-0.3, -0.25) is 9.59 Å². The fraction of sp³-hybridized carbons (Fsp3) is 0.467. The Labute approximate surface area is 122 Å². The predicted molar refractivity (Wildman–Crippen MR) is 73.2 cm³/mol. The van der Waals surface area contributed by atoms with Gasteiger partial charge in [-0.05, 0) is 24.6 Å². The summed E-state index contributed by atoms with van der Waals surface area (Å²) in [7, 11) is 0. The topological polar surface area (TPSA) is 66.8 Å². The molecule has 0 spiro atoms. The van der Waals surface area contributed by atoms with Crippen molar-refractivity contribution in [3.63, 3.8) is 0 Å². The average molecular weight is 295 g/mol. The number of amides is 1. The van der Waals surface area contributed by atoms with E-state index in [2.05, 4.69) is 0 Å². The summed E-state index contributed by atoms with van der Waals surface area (Å²) < 4.78 is 18.1. The number of carboxylic acids is 1. The van der Waals surface area contributed by atoms with E-state index < -0.39 is 17.9 Å². The van der Waals surface area contributed by atoms with Gasteiger partial charge in [0.1, 0.15) is 11.7 Å². The molecule has 2 atom stereocenters. The Balaban J connectivity index is 2.07. The Morgan fingerprint density at radius 3 is 2.57 bits per heavy atom. The largest absolute Gasteiger partial charge is 0.481 e. The Hall–Kier alpha value is -1.95. The van der Waals surface area contributed by atoms with Crippen molar-refractivity contribution in [2.45, 2.75) is 19.4 Å². The zero-order valence-corrected chi connectivity index (χ0v) is 11.8. The molecule has 1 aromatic carbocycles. The van der Waals surface area contributed by atoms with Gasteiger partial charge in [0.15, 0.2) is 0 Å². The van der Waals surface area contributed by atoms with E-state index in [0.717, 1.165) is 0 Å². The van der Waals surface area contributed by atoms with Gasteiger partial charge in [-0.25, -0.2) is 4.39 Å². The molecule has 0 saturated carbocycles. The highest BCUT2D eigenvalue weighted by molar-refractivity contribution is 5.80. The highest BCUT2D eigenvalue weighted by atomic mass is 19.1. The molecule has 2 rings (SSSR count). The number of carbonyl (C=O) groups excluding carboxylic acids is 1. The van der Waals surface area contributed by atoms with Gasteiger partial charge in [0.2, 0.25) is 5.91 Å². The summed E-state index contributed by atoms with van der Waals surface area (Å²) in [6, 6.07) is 5.28. The molecule has 1 fully saturated rings. The lowest BCUT2D eigenvalue weighted by Crippen LogP contribution is -2.47. The van der Waals surface area contributed by atoms with Crippen molar-refractivity contribution in [3.05, 3.63) is 35.6 Å². The van der Waals surface area contributed by atoms with Crippen LogP contribution in [0.4, 0.5) is 4.39 Å². The third kappa shape index (κ3) is 3.58. The van der Waals surface area contributed by atoms with Crippen LogP contribution in [0.1, 0.15) is 12.5 Å². The standard InChI is InChI=1S/C15H18FNO4/c1-2-17(13-9-21-8-12(13)15(19)20)14(18)7-10-3-5-11(16)6-4-10/h3-6,12-13H,2,7-9H2,1H3,(H,19,20). The molecule has 6 heteroatoms. The molecule has 2 unspecified atom stereocenters. The molecule has 1 aliphatic heterocycles. The molecule has 1 amide bonds. The van der Waals surface area contributed by atoms with Gasteiger partial charge < -0.3 is 14.7 Å². The smallest absolute Gasteiger partial charge is 0.311 e. The molecule has 114 valence electrons. The molecule has 1 heterocycles. The quantitative estimate of drug-likeness (QED) is 0.889. The summed E-state index contributed by atoms with van der Waals surface area (Å²) in [5.74, 6) is -2.17. The van der Waals surface area contributed by atoms with E-state index in [0.29, 0.717) is 12.1 Å². The van der Waals surface area contributed by atoms with Crippen molar-refractivity contribution in [2.24, 2.45) is 5.92 Å². The number of benzene rings is 1. The molecular weight excluding hydrogens is 277 g/mol. The van der Waals surface area contributed by atoms with E-state index in [1.165, 1.54) is 17.0 Å². The molecule has 0 bridgehead atoms. The average Bonchev–Trinajstić information content (AvgIpc) is 2.91. The third-order valence-corrected chi connectivity index (χ3v) is 3.70. The summed E-state index contributed by atoms with van der Waals surface area (Å²) in [6.07, 6.45) is 0.122. The van der Waals surface area contributed by atoms with Crippen LogP contribution >= 0.6 is 0 Å². The second-order valence-electron chi connectivity index (χ2n) is 5.03. The summed E-state index contributed by atoms with van der Waals surface area (Å²) in [4.78, 5) is 25.1. The van der Waals surface area contributed by atoms with E-state index in [1.807, 2.05) is 0 Å². The van der Waals surface area contributed by atoms with Gasteiger partial charge >= 0.3 is 5.97 Å². The summed E-state index contributed by atoms with van der Waals surface area (Å²) in [5.41, 5.74) is 0.700. The molecule has 1 saturated heterocycles. The van der Waals surface area contributed by atoms with Crippen LogP contribution in [0.5, 0.6) is 0 Å². The molecule has 0 aliphatic carbocycles. The molecule has 5 nitrogen and oxygen atoms in total. The Morgan fingerprint density at radius 2 is 2.00 bits per heavy atom. The second-order valence-corrected chi connectivity index (χ2v) is 5.03. The molecule has 0 radical (unpaired) electrons. The first-order valence-corrected chi connectivity index (χ1v) is 6.87.